The van der Waals surface area contributed by atoms with Gasteiger partial charge < -0.3 is 14.5 Å². The topological polar surface area (TPSA) is 69.3 Å². The third-order valence-corrected chi connectivity index (χ3v) is 6.28. The van der Waals surface area contributed by atoms with Crippen molar-refractivity contribution in [2.75, 3.05) is 5.32 Å². The largest absolute Gasteiger partial charge is 0.485 e. The minimum atomic E-state index is -2.24. The van der Waals surface area contributed by atoms with E-state index in [-0.39, 0.29) is 35.4 Å². The fraction of sp³-hybridized carbons (Fsp3) is 0.286. The molecule has 0 spiro atoms. The smallest absolute Gasteiger partial charge is 0.291 e. The molecule has 1 N–H and O–H groups in total. The first kappa shape index (κ1) is 27.9. The lowest BCUT2D eigenvalue weighted by atomic mass is 10.0. The normalized spacial score (nSPS) is 11.4. The van der Waals surface area contributed by atoms with Crippen LogP contribution < -0.4 is 10.1 Å². The van der Waals surface area contributed by atoms with E-state index < -0.39 is 47.1 Å². The van der Waals surface area contributed by atoms with Crippen LogP contribution in [-0.2, 0) is 13.2 Å². The Kier molecular flexibility index (Phi) is 7.80. The lowest BCUT2D eigenvalue weighted by Gasteiger charge is -2.14. The number of carbonyl (C=O) groups excluding carboxylic acids is 1. The fourth-order valence-corrected chi connectivity index (χ4v) is 4.12. The van der Waals surface area contributed by atoms with Crippen molar-refractivity contribution in [3.63, 3.8) is 0 Å². The molecule has 4 rings (SSSR count). The van der Waals surface area contributed by atoms with Crippen molar-refractivity contribution in [3.8, 4) is 5.75 Å². The van der Waals surface area contributed by atoms with Crippen LogP contribution in [0.3, 0.4) is 0 Å². The molecule has 0 aliphatic carbocycles. The van der Waals surface area contributed by atoms with Gasteiger partial charge in [0.1, 0.15) is 18.1 Å². The molecule has 6 nitrogen and oxygen atoms in total. The molecule has 1 amide bonds. The number of nitrogens with zero attached hydrogens (tertiary/aromatic N) is 2. The molecule has 4 aromatic rings. The maximum atomic E-state index is 14.2. The molecule has 39 heavy (non-hydrogen) atoms. The van der Waals surface area contributed by atoms with Gasteiger partial charge in [0.05, 0.1) is 29.2 Å². The quantitative estimate of drug-likeness (QED) is 0.145. The lowest BCUT2D eigenvalue weighted by Crippen LogP contribution is -2.14. The molecule has 2 aromatic carbocycles. The summed E-state index contributed by atoms with van der Waals surface area (Å²) in [4.78, 5) is 12.9. The van der Waals surface area contributed by atoms with Gasteiger partial charge in [0.15, 0.2) is 29.0 Å². The van der Waals surface area contributed by atoms with Gasteiger partial charge in [-0.05, 0) is 56.0 Å². The van der Waals surface area contributed by atoms with Crippen molar-refractivity contribution >= 4 is 11.6 Å². The number of furan rings is 1. The number of rotatable bonds is 8. The summed E-state index contributed by atoms with van der Waals surface area (Å²) in [5, 5.41) is 6.72. The Labute approximate surface area is 221 Å². The monoisotopic (exact) mass is 547 g/mol. The second kappa shape index (κ2) is 10.9. The standard InChI is InChI=1S/C28H26F5N3O3/c1-13(2)18-8-6-14(3)10-21(18)38-12-17-7-9-20(39-17)28(37)34-27-15(4)35-36(16(27)5)11-19-22(29)24(31)26(33)25(32)23(19)30/h6-10,13H,11-12H2,1-5H3,(H,34,37). The van der Waals surface area contributed by atoms with Crippen molar-refractivity contribution < 1.29 is 35.9 Å². The molecule has 0 aliphatic rings. The van der Waals surface area contributed by atoms with Crippen LogP contribution in [0.25, 0.3) is 0 Å². The van der Waals surface area contributed by atoms with Gasteiger partial charge in [0, 0.05) is 0 Å². The molecule has 0 atom stereocenters. The van der Waals surface area contributed by atoms with Gasteiger partial charge in [-0.2, -0.15) is 5.10 Å². The molecule has 2 aromatic heterocycles. The molecule has 0 saturated carbocycles. The Bertz CT molecular complexity index is 1530. The van der Waals surface area contributed by atoms with E-state index in [0.717, 1.165) is 21.6 Å². The highest BCUT2D eigenvalue weighted by Gasteiger charge is 2.27. The first-order chi connectivity index (χ1) is 18.4. The van der Waals surface area contributed by atoms with Crippen LogP contribution >= 0.6 is 0 Å². The highest BCUT2D eigenvalue weighted by molar-refractivity contribution is 6.02. The number of hydrogen-bond donors (Lipinski definition) is 1. The van der Waals surface area contributed by atoms with Crippen molar-refractivity contribution in [2.45, 2.75) is 53.7 Å². The summed E-state index contributed by atoms with van der Waals surface area (Å²) in [5.41, 5.74) is 1.75. The van der Waals surface area contributed by atoms with Crippen LogP contribution in [0, 0.1) is 49.9 Å². The van der Waals surface area contributed by atoms with Crippen LogP contribution in [0.5, 0.6) is 5.75 Å². The summed E-state index contributed by atoms with van der Waals surface area (Å²) in [5.74, 6) is -9.47. The number of ether oxygens (including phenoxy) is 1. The van der Waals surface area contributed by atoms with E-state index in [1.54, 1.807) is 6.07 Å². The first-order valence-electron chi connectivity index (χ1n) is 12.1. The number of benzene rings is 2. The van der Waals surface area contributed by atoms with Gasteiger partial charge in [-0.1, -0.05) is 26.0 Å². The molecule has 0 radical (unpaired) electrons. The summed E-state index contributed by atoms with van der Waals surface area (Å²) in [7, 11) is 0. The second-order valence-corrected chi connectivity index (χ2v) is 9.46. The molecule has 0 saturated heterocycles. The van der Waals surface area contributed by atoms with Crippen LogP contribution in [0.4, 0.5) is 27.6 Å². The third-order valence-electron chi connectivity index (χ3n) is 6.28. The maximum absolute atomic E-state index is 14.2. The van der Waals surface area contributed by atoms with Gasteiger partial charge >= 0.3 is 0 Å². The Morgan fingerprint density at radius 3 is 2.26 bits per heavy atom. The Morgan fingerprint density at radius 2 is 1.62 bits per heavy atom. The molecule has 0 aliphatic heterocycles. The van der Waals surface area contributed by atoms with E-state index in [9.17, 15) is 26.7 Å². The van der Waals surface area contributed by atoms with Crippen LogP contribution in [0.15, 0.2) is 34.7 Å². The maximum Gasteiger partial charge on any atom is 0.291 e. The molecule has 2 heterocycles. The number of anilines is 1. The molecule has 0 unspecified atom stereocenters. The van der Waals surface area contributed by atoms with Gasteiger partial charge in [-0.3, -0.25) is 9.48 Å². The van der Waals surface area contributed by atoms with Crippen molar-refractivity contribution in [1.29, 1.82) is 0 Å². The SMILES string of the molecule is Cc1ccc(C(C)C)c(OCc2ccc(C(=O)Nc3c(C)nn(Cc4c(F)c(F)c(F)c(F)c4F)c3C)o2)c1. The van der Waals surface area contributed by atoms with Crippen molar-refractivity contribution in [2.24, 2.45) is 0 Å². The number of halogens is 5. The predicted octanol–water partition coefficient (Wildman–Crippen LogP) is 7.10. The zero-order valence-corrected chi connectivity index (χ0v) is 21.9. The third kappa shape index (κ3) is 5.52. The van der Waals surface area contributed by atoms with Gasteiger partial charge in [0.25, 0.3) is 5.91 Å². The lowest BCUT2D eigenvalue weighted by molar-refractivity contribution is 0.0992. The second-order valence-electron chi connectivity index (χ2n) is 9.46. The molecular formula is C28H26F5N3O3. The Hall–Kier alpha value is -4.15. The van der Waals surface area contributed by atoms with E-state index in [1.807, 2.05) is 25.1 Å². The van der Waals surface area contributed by atoms with Gasteiger partial charge in [0.2, 0.25) is 5.82 Å². The minimum Gasteiger partial charge on any atom is -0.485 e. The van der Waals surface area contributed by atoms with E-state index in [2.05, 4.69) is 24.3 Å². The number of amides is 1. The first-order valence-corrected chi connectivity index (χ1v) is 12.1. The minimum absolute atomic E-state index is 0.0201. The summed E-state index contributed by atoms with van der Waals surface area (Å²) < 4.78 is 81.5. The summed E-state index contributed by atoms with van der Waals surface area (Å²) in [6, 6.07) is 9.02. The zero-order chi connectivity index (χ0) is 28.6. The average Bonchev–Trinajstić information content (AvgIpc) is 3.47. The number of nitrogens with one attached hydrogen (secondary N) is 1. The number of aromatic nitrogens is 2. The van der Waals surface area contributed by atoms with Gasteiger partial charge in [-0.25, -0.2) is 22.0 Å². The number of hydrogen-bond acceptors (Lipinski definition) is 4. The average molecular weight is 548 g/mol. The Morgan fingerprint density at radius 1 is 0.974 bits per heavy atom. The fourth-order valence-electron chi connectivity index (χ4n) is 4.12. The summed E-state index contributed by atoms with van der Waals surface area (Å²) in [6.07, 6.45) is 0. The zero-order valence-electron chi connectivity index (χ0n) is 21.9. The molecular weight excluding hydrogens is 521 g/mol. The van der Waals surface area contributed by atoms with E-state index in [1.165, 1.54) is 19.9 Å². The van der Waals surface area contributed by atoms with Crippen molar-refractivity contribution in [1.82, 2.24) is 9.78 Å². The number of aryl methyl sites for hydroxylation is 2. The van der Waals surface area contributed by atoms with E-state index in [4.69, 9.17) is 9.15 Å². The summed E-state index contributed by atoms with van der Waals surface area (Å²) >= 11 is 0. The van der Waals surface area contributed by atoms with E-state index in [0.29, 0.717) is 5.76 Å². The highest BCUT2D eigenvalue weighted by Crippen LogP contribution is 2.29. The molecule has 0 bridgehead atoms. The molecule has 0 fully saturated rings. The molecule has 11 heteroatoms. The van der Waals surface area contributed by atoms with Crippen LogP contribution in [-0.4, -0.2) is 15.7 Å². The Balaban J connectivity index is 1.49. The van der Waals surface area contributed by atoms with Crippen LogP contribution in [0.2, 0.25) is 0 Å². The number of carbonyl (C=O) groups is 1. The van der Waals surface area contributed by atoms with E-state index >= 15 is 0 Å². The van der Waals surface area contributed by atoms with Gasteiger partial charge in [-0.15, -0.1) is 0 Å². The van der Waals surface area contributed by atoms with Crippen molar-refractivity contribution in [3.05, 3.63) is 99.0 Å². The van der Waals surface area contributed by atoms with Crippen LogP contribution in [0.1, 0.15) is 64.2 Å². The summed E-state index contributed by atoms with van der Waals surface area (Å²) in [6.45, 7) is 8.43. The predicted molar refractivity (Wildman–Crippen MR) is 133 cm³/mol. The highest BCUT2D eigenvalue weighted by atomic mass is 19.2. The molecule has 206 valence electrons.